The maximum atomic E-state index is 14.4. The number of halogens is 4. The number of anilines is 1. The zero-order valence-electron chi connectivity index (χ0n) is 14.0. The number of nitrogens with zero attached hydrogens (tertiary/aromatic N) is 2. The van der Waals surface area contributed by atoms with Gasteiger partial charge < -0.3 is 4.72 Å². The van der Waals surface area contributed by atoms with E-state index in [1.165, 1.54) is 35.9 Å². The van der Waals surface area contributed by atoms with Crippen molar-refractivity contribution in [2.75, 3.05) is 4.72 Å². The first-order valence-corrected chi connectivity index (χ1v) is 9.60. The molecule has 9 heteroatoms. The Balaban J connectivity index is 1.68. The molecule has 4 rings (SSSR count). The minimum atomic E-state index is -4.58. The lowest BCUT2D eigenvalue weighted by molar-refractivity contribution is -0.137. The van der Waals surface area contributed by atoms with Gasteiger partial charge in [-0.2, -0.15) is 17.5 Å². The summed E-state index contributed by atoms with van der Waals surface area (Å²) in [7, 11) is 0. The standard InChI is InChI=1S/C19H11F4N3S2/c20-17-9-12(19(21,22)23)4-6-16(17)15-3-1-2-11-8-13(5-7-14(11)15)27-26-18-24-10-25-28-18/h1-10H,(H,24,25,26). The molecule has 0 spiro atoms. The van der Waals surface area contributed by atoms with Crippen LogP contribution in [0, 0.1) is 5.82 Å². The van der Waals surface area contributed by atoms with Crippen molar-refractivity contribution in [2.24, 2.45) is 0 Å². The second kappa shape index (κ2) is 7.40. The van der Waals surface area contributed by atoms with Crippen molar-refractivity contribution in [1.29, 1.82) is 0 Å². The third kappa shape index (κ3) is 3.81. The zero-order valence-corrected chi connectivity index (χ0v) is 15.6. The van der Waals surface area contributed by atoms with Gasteiger partial charge in [0.1, 0.15) is 12.1 Å². The van der Waals surface area contributed by atoms with Crippen LogP contribution >= 0.6 is 23.5 Å². The van der Waals surface area contributed by atoms with Crippen molar-refractivity contribution >= 4 is 39.4 Å². The molecule has 3 aromatic carbocycles. The maximum absolute atomic E-state index is 14.4. The normalized spacial score (nSPS) is 11.7. The predicted octanol–water partition coefficient (Wildman–Crippen LogP) is 6.64. The molecule has 1 N–H and O–H groups in total. The third-order valence-electron chi connectivity index (χ3n) is 4.06. The number of alkyl halides is 3. The summed E-state index contributed by atoms with van der Waals surface area (Å²) in [4.78, 5) is 4.95. The Hall–Kier alpha value is -2.65. The average Bonchev–Trinajstić information content (AvgIpc) is 3.18. The molecule has 1 aromatic heterocycles. The van der Waals surface area contributed by atoms with Crippen LogP contribution in [0.3, 0.4) is 0 Å². The van der Waals surface area contributed by atoms with E-state index in [4.69, 9.17) is 0 Å². The van der Waals surface area contributed by atoms with Crippen LogP contribution in [0.25, 0.3) is 21.9 Å². The minimum absolute atomic E-state index is 0.131. The van der Waals surface area contributed by atoms with Gasteiger partial charge in [0.2, 0.25) is 5.13 Å². The van der Waals surface area contributed by atoms with Crippen LogP contribution in [0.15, 0.2) is 65.8 Å². The SMILES string of the molecule is Fc1cc(C(F)(F)F)ccc1-c1cccc2cc(SNc3ncns3)ccc12. The predicted molar refractivity (Wildman–Crippen MR) is 104 cm³/mol. The Morgan fingerprint density at radius 1 is 0.964 bits per heavy atom. The Labute approximate surface area is 165 Å². The summed E-state index contributed by atoms with van der Waals surface area (Å²) in [5.41, 5.74) is -0.334. The number of rotatable bonds is 4. The van der Waals surface area contributed by atoms with E-state index in [-0.39, 0.29) is 5.56 Å². The zero-order chi connectivity index (χ0) is 19.7. The Kier molecular flexibility index (Phi) is 4.94. The molecular formula is C19H11F4N3S2. The number of fused-ring (bicyclic) bond motifs is 1. The molecule has 0 fully saturated rings. The summed E-state index contributed by atoms with van der Waals surface area (Å²) in [5, 5.41) is 2.27. The highest BCUT2D eigenvalue weighted by Crippen LogP contribution is 2.36. The van der Waals surface area contributed by atoms with Gasteiger partial charge in [-0.05, 0) is 52.5 Å². The topological polar surface area (TPSA) is 37.8 Å². The summed E-state index contributed by atoms with van der Waals surface area (Å²) in [6.45, 7) is 0. The molecule has 0 saturated heterocycles. The van der Waals surface area contributed by atoms with Gasteiger partial charge >= 0.3 is 6.18 Å². The van der Waals surface area contributed by atoms with Crippen molar-refractivity contribution in [3.8, 4) is 11.1 Å². The highest BCUT2D eigenvalue weighted by atomic mass is 32.2. The lowest BCUT2D eigenvalue weighted by Crippen LogP contribution is -2.05. The molecule has 0 amide bonds. The van der Waals surface area contributed by atoms with E-state index in [2.05, 4.69) is 14.1 Å². The Bertz CT molecular complexity index is 1130. The molecule has 4 aromatic rings. The molecule has 0 atom stereocenters. The molecule has 1 heterocycles. The third-order valence-corrected chi connectivity index (χ3v) is 5.55. The Morgan fingerprint density at radius 2 is 1.82 bits per heavy atom. The van der Waals surface area contributed by atoms with Gasteiger partial charge in [0, 0.05) is 22.0 Å². The van der Waals surface area contributed by atoms with Crippen molar-refractivity contribution in [2.45, 2.75) is 11.1 Å². The molecule has 0 saturated carbocycles. The van der Waals surface area contributed by atoms with Crippen LogP contribution in [0.5, 0.6) is 0 Å². The van der Waals surface area contributed by atoms with E-state index in [1.807, 2.05) is 24.3 Å². The van der Waals surface area contributed by atoms with Crippen molar-refractivity contribution in [3.05, 3.63) is 72.3 Å². The number of aromatic nitrogens is 2. The highest BCUT2D eigenvalue weighted by Gasteiger charge is 2.31. The van der Waals surface area contributed by atoms with Gasteiger partial charge in [0.05, 0.1) is 5.56 Å². The van der Waals surface area contributed by atoms with Gasteiger partial charge in [0.15, 0.2) is 0 Å². The van der Waals surface area contributed by atoms with Gasteiger partial charge in [0.25, 0.3) is 0 Å². The summed E-state index contributed by atoms with van der Waals surface area (Å²) in [5.74, 6) is -0.904. The van der Waals surface area contributed by atoms with Crippen molar-refractivity contribution in [1.82, 2.24) is 9.36 Å². The summed E-state index contributed by atoms with van der Waals surface area (Å²) in [6, 6.07) is 13.5. The first kappa shape index (κ1) is 18.7. The monoisotopic (exact) mass is 421 g/mol. The largest absolute Gasteiger partial charge is 0.416 e. The van der Waals surface area contributed by atoms with Crippen LogP contribution in [-0.4, -0.2) is 9.36 Å². The molecule has 0 unspecified atom stereocenters. The quantitative estimate of drug-likeness (QED) is 0.296. The fourth-order valence-corrected chi connectivity index (χ4v) is 3.93. The summed E-state index contributed by atoms with van der Waals surface area (Å²) < 4.78 is 59.8. The molecular weight excluding hydrogens is 410 g/mol. The molecule has 0 bridgehead atoms. The van der Waals surface area contributed by atoms with Gasteiger partial charge in [-0.3, -0.25) is 0 Å². The molecule has 28 heavy (non-hydrogen) atoms. The van der Waals surface area contributed by atoms with E-state index in [9.17, 15) is 17.6 Å². The lowest BCUT2D eigenvalue weighted by atomic mass is 9.97. The molecule has 0 radical (unpaired) electrons. The highest BCUT2D eigenvalue weighted by molar-refractivity contribution is 8.00. The second-order valence-corrected chi connectivity index (χ2v) is 7.49. The number of hydrogen-bond donors (Lipinski definition) is 1. The molecule has 3 nitrogen and oxygen atoms in total. The van der Waals surface area contributed by atoms with E-state index in [0.717, 1.165) is 21.7 Å². The average molecular weight is 421 g/mol. The smallest absolute Gasteiger partial charge is 0.300 e. The van der Waals surface area contributed by atoms with E-state index >= 15 is 0 Å². The Morgan fingerprint density at radius 3 is 2.54 bits per heavy atom. The van der Waals surface area contributed by atoms with Crippen molar-refractivity contribution in [3.63, 3.8) is 0 Å². The van der Waals surface area contributed by atoms with E-state index in [0.29, 0.717) is 16.8 Å². The number of hydrogen-bond acceptors (Lipinski definition) is 5. The van der Waals surface area contributed by atoms with Gasteiger partial charge in [-0.1, -0.05) is 30.3 Å². The van der Waals surface area contributed by atoms with Crippen LogP contribution in [0.1, 0.15) is 5.56 Å². The minimum Gasteiger partial charge on any atom is -0.300 e. The molecule has 0 aliphatic heterocycles. The summed E-state index contributed by atoms with van der Waals surface area (Å²) >= 11 is 2.60. The van der Waals surface area contributed by atoms with Crippen LogP contribution < -0.4 is 4.72 Å². The second-order valence-electron chi connectivity index (χ2n) is 5.83. The van der Waals surface area contributed by atoms with Crippen LogP contribution in [0.4, 0.5) is 22.7 Å². The molecule has 0 aliphatic carbocycles. The first-order chi connectivity index (χ1) is 13.4. The first-order valence-electron chi connectivity index (χ1n) is 8.01. The van der Waals surface area contributed by atoms with Gasteiger partial charge in [-0.25, -0.2) is 9.37 Å². The fourth-order valence-electron chi connectivity index (χ4n) is 2.79. The molecule has 142 valence electrons. The van der Waals surface area contributed by atoms with E-state index < -0.39 is 17.6 Å². The maximum Gasteiger partial charge on any atom is 0.416 e. The number of benzene rings is 3. The molecule has 0 aliphatic rings. The van der Waals surface area contributed by atoms with Crippen molar-refractivity contribution < 1.29 is 17.6 Å². The summed E-state index contributed by atoms with van der Waals surface area (Å²) in [6.07, 6.45) is -3.12. The lowest BCUT2D eigenvalue weighted by Gasteiger charge is -2.12. The number of nitrogens with one attached hydrogen (secondary N) is 1. The van der Waals surface area contributed by atoms with Crippen LogP contribution in [-0.2, 0) is 6.18 Å². The van der Waals surface area contributed by atoms with E-state index in [1.54, 1.807) is 12.1 Å². The van der Waals surface area contributed by atoms with Gasteiger partial charge in [-0.15, -0.1) is 0 Å². The fraction of sp³-hybridized carbons (Fsp3) is 0.0526. The van der Waals surface area contributed by atoms with Crippen LogP contribution in [0.2, 0.25) is 0 Å².